The van der Waals surface area contributed by atoms with Gasteiger partial charge in [0, 0.05) is 33.7 Å². The zero-order chi connectivity index (χ0) is 21.3. The summed E-state index contributed by atoms with van der Waals surface area (Å²) in [4.78, 5) is 6.61. The number of likely N-dealkylation sites (N-methyl/N-ethyl adjacent to an activating group) is 1. The molecule has 1 aromatic heterocycles. The predicted octanol–water partition coefficient (Wildman–Crippen LogP) is 6.37. The van der Waals surface area contributed by atoms with E-state index >= 15 is 0 Å². The minimum Gasteiger partial charge on any atom is -0.489 e. The molecule has 0 aliphatic heterocycles. The zero-order valence-electron chi connectivity index (χ0n) is 17.2. The van der Waals surface area contributed by atoms with Crippen molar-refractivity contribution in [2.24, 2.45) is 0 Å². The summed E-state index contributed by atoms with van der Waals surface area (Å²) in [6.07, 6.45) is 2.27. The van der Waals surface area contributed by atoms with Crippen LogP contribution in [0.4, 0.5) is 0 Å². The number of aromatic nitrogens is 1. The molecule has 1 heterocycles. The van der Waals surface area contributed by atoms with Crippen LogP contribution in [-0.2, 0) is 13.0 Å². The van der Waals surface area contributed by atoms with Crippen LogP contribution < -0.4 is 9.47 Å². The lowest BCUT2D eigenvalue weighted by molar-refractivity contribution is 0.0289. The van der Waals surface area contributed by atoms with Gasteiger partial charge in [0.25, 0.3) is 0 Å². The highest BCUT2D eigenvalue weighted by molar-refractivity contribution is 9.10. The molecule has 0 N–H and O–H groups in total. The number of benzene rings is 2. The van der Waals surface area contributed by atoms with Crippen molar-refractivity contribution in [3.63, 3.8) is 0 Å². The molecule has 4 nitrogen and oxygen atoms in total. The Morgan fingerprint density at radius 3 is 2.47 bits per heavy atom. The number of halogens is 2. The number of nitrogens with zero attached hydrogens (tertiary/aromatic N) is 2. The third-order valence-corrected chi connectivity index (χ3v) is 5.58. The van der Waals surface area contributed by atoms with E-state index in [1.54, 1.807) is 6.20 Å². The third-order valence-electron chi connectivity index (χ3n) is 4.84. The highest BCUT2D eigenvalue weighted by Crippen LogP contribution is 2.27. The molecule has 6 heteroatoms. The third kappa shape index (κ3) is 6.46. The van der Waals surface area contributed by atoms with Crippen molar-refractivity contribution < 1.29 is 9.47 Å². The van der Waals surface area contributed by atoms with Crippen LogP contribution in [0.5, 0.6) is 11.6 Å². The van der Waals surface area contributed by atoms with Crippen molar-refractivity contribution in [2.45, 2.75) is 33.1 Å². The summed E-state index contributed by atoms with van der Waals surface area (Å²) in [6, 6.07) is 19.5. The monoisotopic (exact) mass is 488 g/mol. The number of hydrogen-bond donors (Lipinski definition) is 0. The lowest BCUT2D eigenvalue weighted by Crippen LogP contribution is -2.41. The van der Waals surface area contributed by atoms with Crippen LogP contribution in [0.15, 0.2) is 71.3 Å². The molecule has 0 spiro atoms. The summed E-state index contributed by atoms with van der Waals surface area (Å²) in [7, 11) is 0. The largest absolute Gasteiger partial charge is 0.489 e. The van der Waals surface area contributed by atoms with Gasteiger partial charge >= 0.3 is 0 Å². The molecule has 30 heavy (non-hydrogen) atoms. The van der Waals surface area contributed by atoms with Gasteiger partial charge in [-0.25, -0.2) is 4.98 Å². The second-order valence-corrected chi connectivity index (χ2v) is 8.19. The van der Waals surface area contributed by atoms with E-state index in [2.05, 4.69) is 45.7 Å². The Kier molecular flexibility index (Phi) is 8.55. The molecule has 158 valence electrons. The average Bonchev–Trinajstić information content (AvgIpc) is 2.76. The Hall–Kier alpha value is -2.08. The van der Waals surface area contributed by atoms with Gasteiger partial charge in [0.05, 0.1) is 0 Å². The molecule has 0 saturated carbocycles. The summed E-state index contributed by atoms with van der Waals surface area (Å²) in [5.74, 6) is 1.46. The molecule has 0 amide bonds. The second-order valence-electron chi connectivity index (χ2n) is 6.83. The highest BCUT2D eigenvalue weighted by Gasteiger charge is 2.21. The molecule has 3 rings (SSSR count). The maximum Gasteiger partial charge on any atom is 0.214 e. The van der Waals surface area contributed by atoms with Crippen LogP contribution in [0.1, 0.15) is 25.0 Å². The fourth-order valence-electron chi connectivity index (χ4n) is 3.21. The Balaban J connectivity index is 1.80. The normalized spacial score (nSPS) is 12.0. The lowest BCUT2D eigenvalue weighted by Gasteiger charge is -2.30. The molecule has 0 aliphatic carbocycles. The molecule has 0 aliphatic rings. The van der Waals surface area contributed by atoms with Gasteiger partial charge in [0.1, 0.15) is 12.4 Å². The predicted molar refractivity (Wildman–Crippen MR) is 125 cm³/mol. The van der Waals surface area contributed by atoms with Gasteiger partial charge in [-0.05, 0) is 55.1 Å². The molecule has 0 bridgehead atoms. The fraction of sp³-hybridized carbons (Fsp3) is 0.292. The van der Waals surface area contributed by atoms with Crippen LogP contribution >= 0.6 is 27.5 Å². The molecule has 0 fully saturated rings. The number of rotatable bonds is 10. The summed E-state index contributed by atoms with van der Waals surface area (Å²) in [6.45, 7) is 6.50. The second kappa shape index (κ2) is 11.3. The van der Waals surface area contributed by atoms with Crippen LogP contribution in [-0.4, -0.2) is 29.2 Å². The molecule has 1 atom stereocenters. The van der Waals surface area contributed by atoms with E-state index in [0.29, 0.717) is 18.9 Å². The summed E-state index contributed by atoms with van der Waals surface area (Å²) in [5, 5.41) is 0.719. The first-order valence-electron chi connectivity index (χ1n) is 10.1. The van der Waals surface area contributed by atoms with Gasteiger partial charge in [0.2, 0.25) is 5.88 Å². The first kappa shape index (κ1) is 22.6. The van der Waals surface area contributed by atoms with Gasteiger partial charge in [-0.1, -0.05) is 59.6 Å². The lowest BCUT2D eigenvalue weighted by atomic mass is 10.1. The van der Waals surface area contributed by atoms with Gasteiger partial charge in [0.15, 0.2) is 6.23 Å². The van der Waals surface area contributed by atoms with Crippen molar-refractivity contribution in [3.05, 3.63) is 87.5 Å². The van der Waals surface area contributed by atoms with E-state index in [0.717, 1.165) is 39.5 Å². The van der Waals surface area contributed by atoms with Crippen LogP contribution in [0.2, 0.25) is 5.02 Å². The summed E-state index contributed by atoms with van der Waals surface area (Å²) < 4.78 is 13.4. The van der Waals surface area contributed by atoms with E-state index in [1.807, 2.05) is 54.6 Å². The van der Waals surface area contributed by atoms with E-state index < -0.39 is 0 Å². The Morgan fingerprint density at radius 1 is 1.03 bits per heavy atom. The van der Waals surface area contributed by atoms with Gasteiger partial charge in [-0.15, -0.1) is 0 Å². The number of pyridine rings is 1. The molecule has 1 unspecified atom stereocenters. The first-order valence-corrected chi connectivity index (χ1v) is 11.2. The molecule has 0 saturated heterocycles. The fourth-order valence-corrected chi connectivity index (χ4v) is 3.75. The minimum atomic E-state index is -0.151. The smallest absolute Gasteiger partial charge is 0.214 e. The average molecular weight is 490 g/mol. The Labute approximate surface area is 191 Å². The standard InChI is InChI=1S/C24H26BrClN2O2/c1-3-28(4-2)24(30-23-7-5-6-14-27-23)16-19-15-20(25)10-13-22(19)29-17-18-8-11-21(26)12-9-18/h5-15,24H,3-4,16-17H2,1-2H3. The Bertz CT molecular complexity index is 918. The minimum absolute atomic E-state index is 0.151. The molecular formula is C24H26BrClN2O2. The van der Waals surface area contributed by atoms with E-state index in [4.69, 9.17) is 21.1 Å². The maximum atomic E-state index is 6.26. The number of hydrogen-bond acceptors (Lipinski definition) is 4. The van der Waals surface area contributed by atoms with Gasteiger partial charge < -0.3 is 9.47 Å². The molecule has 2 aromatic carbocycles. The van der Waals surface area contributed by atoms with Crippen molar-refractivity contribution in [1.82, 2.24) is 9.88 Å². The quantitative estimate of drug-likeness (QED) is 0.310. The van der Waals surface area contributed by atoms with Crippen molar-refractivity contribution in [3.8, 4) is 11.6 Å². The van der Waals surface area contributed by atoms with Crippen LogP contribution in [0.25, 0.3) is 0 Å². The molecule has 0 radical (unpaired) electrons. The zero-order valence-corrected chi connectivity index (χ0v) is 19.6. The van der Waals surface area contributed by atoms with E-state index in [9.17, 15) is 0 Å². The van der Waals surface area contributed by atoms with Crippen molar-refractivity contribution >= 4 is 27.5 Å². The maximum absolute atomic E-state index is 6.26. The summed E-state index contributed by atoms with van der Waals surface area (Å²) in [5.41, 5.74) is 2.14. The molecule has 3 aromatic rings. The van der Waals surface area contributed by atoms with Crippen molar-refractivity contribution in [2.75, 3.05) is 13.1 Å². The van der Waals surface area contributed by atoms with E-state index in [-0.39, 0.29) is 6.23 Å². The van der Waals surface area contributed by atoms with E-state index in [1.165, 1.54) is 0 Å². The summed E-state index contributed by atoms with van der Waals surface area (Å²) >= 11 is 9.57. The van der Waals surface area contributed by atoms with Gasteiger partial charge in [-0.3, -0.25) is 4.90 Å². The topological polar surface area (TPSA) is 34.6 Å². The van der Waals surface area contributed by atoms with Crippen LogP contribution in [0.3, 0.4) is 0 Å². The SMILES string of the molecule is CCN(CC)C(Cc1cc(Br)ccc1OCc1ccc(Cl)cc1)Oc1ccccn1. The highest BCUT2D eigenvalue weighted by atomic mass is 79.9. The Morgan fingerprint density at radius 2 is 1.80 bits per heavy atom. The van der Waals surface area contributed by atoms with Crippen molar-refractivity contribution in [1.29, 1.82) is 0 Å². The van der Waals surface area contributed by atoms with Gasteiger partial charge in [-0.2, -0.15) is 0 Å². The van der Waals surface area contributed by atoms with Crippen LogP contribution in [0, 0.1) is 0 Å². The molecular weight excluding hydrogens is 464 g/mol. The first-order chi connectivity index (χ1) is 14.6. The number of ether oxygens (including phenoxy) is 2.